The van der Waals surface area contributed by atoms with Crippen LogP contribution in [0.15, 0.2) is 24.4 Å². The molecule has 0 aliphatic carbocycles. The van der Waals surface area contributed by atoms with Crippen molar-refractivity contribution in [2.24, 2.45) is 0 Å². The highest BCUT2D eigenvalue weighted by Crippen LogP contribution is 2.39. The Bertz CT molecular complexity index is 658. The molecule has 0 atom stereocenters. The molecule has 0 bridgehead atoms. The summed E-state index contributed by atoms with van der Waals surface area (Å²) in [6.07, 6.45) is 3.59. The topological polar surface area (TPSA) is 68.7 Å². The van der Waals surface area contributed by atoms with E-state index in [1.54, 1.807) is 18.3 Å². The molecule has 0 fully saturated rings. The van der Waals surface area contributed by atoms with Crippen LogP contribution in [0.25, 0.3) is 11.6 Å². The number of hydrogen-bond donors (Lipinski definition) is 2. The zero-order valence-electron chi connectivity index (χ0n) is 8.65. The Balaban J connectivity index is 2.10. The van der Waals surface area contributed by atoms with Crippen molar-refractivity contribution in [3.05, 3.63) is 40.5 Å². The summed E-state index contributed by atoms with van der Waals surface area (Å²) in [5.41, 5.74) is 2.28. The number of nitrogens with one attached hydrogen (secondary N) is 2. The van der Waals surface area contributed by atoms with E-state index in [0.717, 1.165) is 16.3 Å². The number of hydrogen-bond acceptors (Lipinski definition) is 3. The Hall–Kier alpha value is -2.32. The molecule has 3 heterocycles. The van der Waals surface area contributed by atoms with Crippen LogP contribution in [0.3, 0.4) is 0 Å². The summed E-state index contributed by atoms with van der Waals surface area (Å²) in [7, 11) is 0. The minimum atomic E-state index is -0.120. The lowest BCUT2D eigenvalue weighted by Crippen LogP contribution is -2.03. The first-order chi connectivity index (χ1) is 8.28. The van der Waals surface area contributed by atoms with Gasteiger partial charge < -0.3 is 10.3 Å². The van der Waals surface area contributed by atoms with Crippen LogP contribution in [0.4, 0.5) is 5.00 Å². The molecule has 2 N–H and O–H groups in total. The molecule has 0 spiro atoms. The van der Waals surface area contributed by atoms with Gasteiger partial charge in [-0.15, -0.1) is 11.3 Å². The maximum absolute atomic E-state index is 11.7. The van der Waals surface area contributed by atoms with Crippen molar-refractivity contribution >= 4 is 33.9 Å². The number of amides is 1. The average molecular weight is 241 g/mol. The highest BCUT2D eigenvalue weighted by molar-refractivity contribution is 7.17. The number of rotatable bonds is 1. The second kappa shape index (κ2) is 3.61. The third-order valence-corrected chi connectivity index (χ3v) is 3.48. The quantitative estimate of drug-likeness (QED) is 0.753. The van der Waals surface area contributed by atoms with Gasteiger partial charge in [0.25, 0.3) is 5.91 Å². The molecule has 17 heavy (non-hydrogen) atoms. The minimum Gasteiger partial charge on any atom is -0.362 e. The third-order valence-electron chi connectivity index (χ3n) is 2.53. The molecule has 3 rings (SSSR count). The van der Waals surface area contributed by atoms with E-state index in [9.17, 15) is 4.79 Å². The van der Waals surface area contributed by atoms with E-state index in [0.29, 0.717) is 10.5 Å². The van der Waals surface area contributed by atoms with Crippen LogP contribution in [0.1, 0.15) is 16.1 Å². The highest BCUT2D eigenvalue weighted by atomic mass is 32.1. The highest BCUT2D eigenvalue weighted by Gasteiger charge is 2.26. The van der Waals surface area contributed by atoms with Crippen LogP contribution in [0.5, 0.6) is 0 Å². The smallest absolute Gasteiger partial charge is 0.257 e. The first-order valence-electron chi connectivity index (χ1n) is 4.98. The predicted molar refractivity (Wildman–Crippen MR) is 66.3 cm³/mol. The molecule has 4 nitrogen and oxygen atoms in total. The number of nitrogens with zero attached hydrogens (tertiary/aromatic N) is 1. The summed E-state index contributed by atoms with van der Waals surface area (Å²) in [6, 6.07) is 7.58. The van der Waals surface area contributed by atoms with Crippen molar-refractivity contribution in [2.75, 3.05) is 5.32 Å². The molecule has 2 aromatic rings. The Kier molecular flexibility index (Phi) is 2.10. The lowest BCUT2D eigenvalue weighted by Gasteiger charge is -1.93. The molecule has 1 aliphatic rings. The number of H-pyrrole nitrogens is 1. The number of carbonyl (C=O) groups excluding carboxylic acids is 1. The van der Waals surface area contributed by atoms with Crippen LogP contribution in [0, 0.1) is 11.3 Å². The van der Waals surface area contributed by atoms with E-state index in [4.69, 9.17) is 5.26 Å². The molecule has 1 amide bonds. The maximum atomic E-state index is 11.7. The fourth-order valence-electron chi connectivity index (χ4n) is 1.76. The second-order valence-corrected chi connectivity index (χ2v) is 4.66. The lowest BCUT2D eigenvalue weighted by molar-refractivity contribution is -0.110. The molecule has 0 unspecified atom stereocenters. The zero-order chi connectivity index (χ0) is 11.8. The van der Waals surface area contributed by atoms with E-state index < -0.39 is 0 Å². The van der Waals surface area contributed by atoms with Crippen molar-refractivity contribution in [3.8, 4) is 6.07 Å². The lowest BCUT2D eigenvalue weighted by atomic mass is 10.1. The van der Waals surface area contributed by atoms with Crippen molar-refractivity contribution < 1.29 is 4.79 Å². The summed E-state index contributed by atoms with van der Waals surface area (Å²) < 4.78 is 0. The summed E-state index contributed by atoms with van der Waals surface area (Å²) in [4.78, 5) is 15.4. The van der Waals surface area contributed by atoms with Crippen molar-refractivity contribution in [1.29, 1.82) is 5.26 Å². The van der Waals surface area contributed by atoms with Crippen LogP contribution in [0.2, 0.25) is 0 Å². The fourth-order valence-corrected chi connectivity index (χ4v) is 2.63. The van der Waals surface area contributed by atoms with Gasteiger partial charge in [-0.2, -0.15) is 5.26 Å². The van der Waals surface area contributed by atoms with Gasteiger partial charge in [0.05, 0.1) is 5.57 Å². The van der Waals surface area contributed by atoms with Gasteiger partial charge in [0.15, 0.2) is 0 Å². The largest absolute Gasteiger partial charge is 0.362 e. The monoisotopic (exact) mass is 241 g/mol. The van der Waals surface area contributed by atoms with Crippen molar-refractivity contribution in [2.45, 2.75) is 0 Å². The Morgan fingerprint density at radius 2 is 2.35 bits per heavy atom. The minimum absolute atomic E-state index is 0.120. The first kappa shape index (κ1) is 9.87. The van der Waals surface area contributed by atoms with Crippen molar-refractivity contribution in [1.82, 2.24) is 4.98 Å². The number of aromatic nitrogens is 1. The summed E-state index contributed by atoms with van der Waals surface area (Å²) in [5.74, 6) is -0.120. The molecule has 2 aromatic heterocycles. The van der Waals surface area contributed by atoms with Gasteiger partial charge >= 0.3 is 0 Å². The standard InChI is InChI=1S/C12H7N3OS/c13-6-8-5-10-9(4-7-2-1-3-14-7)11(16)15-12(10)17-8/h1-5,14H,(H,15,16). The van der Waals surface area contributed by atoms with Crippen LogP contribution in [-0.4, -0.2) is 10.9 Å². The molecule has 5 heteroatoms. The number of nitriles is 1. The van der Waals surface area contributed by atoms with E-state index in [2.05, 4.69) is 16.4 Å². The molecule has 0 aromatic carbocycles. The van der Waals surface area contributed by atoms with Gasteiger partial charge in [0.1, 0.15) is 15.9 Å². The summed E-state index contributed by atoms with van der Waals surface area (Å²) >= 11 is 1.30. The SMILES string of the molecule is N#Cc1cc2c(s1)NC(=O)C2=Cc1ccc[nH]1. The molecule has 0 saturated carbocycles. The number of thiophene rings is 1. The molecular formula is C12H7N3OS. The fraction of sp³-hybridized carbons (Fsp3) is 0. The Morgan fingerprint density at radius 1 is 1.47 bits per heavy atom. The van der Waals surface area contributed by atoms with Gasteiger partial charge in [-0.25, -0.2) is 0 Å². The van der Waals surface area contributed by atoms with Gasteiger partial charge in [-0.05, 0) is 24.3 Å². The molecular weight excluding hydrogens is 234 g/mol. The van der Waals surface area contributed by atoms with Crippen molar-refractivity contribution in [3.63, 3.8) is 0 Å². The third kappa shape index (κ3) is 1.55. The molecule has 82 valence electrons. The van der Waals surface area contributed by atoms with E-state index >= 15 is 0 Å². The number of anilines is 1. The second-order valence-electron chi connectivity index (χ2n) is 3.60. The summed E-state index contributed by atoms with van der Waals surface area (Å²) in [6.45, 7) is 0. The van der Waals surface area contributed by atoms with E-state index in [1.807, 2.05) is 12.1 Å². The molecule has 1 aliphatic heterocycles. The van der Waals surface area contributed by atoms with Gasteiger partial charge in [0.2, 0.25) is 0 Å². The Morgan fingerprint density at radius 3 is 3.06 bits per heavy atom. The predicted octanol–water partition coefficient (Wildman–Crippen LogP) is 2.44. The van der Waals surface area contributed by atoms with Crippen LogP contribution < -0.4 is 5.32 Å². The number of aromatic amines is 1. The van der Waals surface area contributed by atoms with Gasteiger partial charge in [-0.1, -0.05) is 0 Å². The number of carbonyl (C=O) groups is 1. The molecule has 0 radical (unpaired) electrons. The Labute approximate surface area is 101 Å². The zero-order valence-corrected chi connectivity index (χ0v) is 9.47. The van der Waals surface area contributed by atoms with E-state index in [1.165, 1.54) is 11.3 Å². The average Bonchev–Trinajstić information content (AvgIpc) is 2.98. The van der Waals surface area contributed by atoms with Crippen LogP contribution >= 0.6 is 11.3 Å². The van der Waals surface area contributed by atoms with E-state index in [-0.39, 0.29) is 5.91 Å². The molecule has 0 saturated heterocycles. The maximum Gasteiger partial charge on any atom is 0.257 e. The van der Waals surface area contributed by atoms with Crippen LogP contribution in [-0.2, 0) is 4.79 Å². The van der Waals surface area contributed by atoms with Gasteiger partial charge in [-0.3, -0.25) is 4.79 Å². The first-order valence-corrected chi connectivity index (χ1v) is 5.80. The normalized spacial score (nSPS) is 15.7. The number of fused-ring (bicyclic) bond motifs is 1. The summed E-state index contributed by atoms with van der Waals surface area (Å²) in [5, 5.41) is 12.3. The van der Waals surface area contributed by atoms with Gasteiger partial charge in [0, 0.05) is 17.5 Å².